The lowest BCUT2D eigenvalue weighted by molar-refractivity contribution is -0.121. The minimum Gasteiger partial charge on any atom is -0.494 e. The number of benzene rings is 1. The smallest absolute Gasteiger partial charge is 0.331 e. The monoisotopic (exact) mass is 436 g/mol. The molecule has 2 heterocycles. The van der Waals surface area contributed by atoms with Crippen molar-refractivity contribution >= 4 is 22.5 Å². The first-order valence-corrected chi connectivity index (χ1v) is 11.0. The molecule has 0 bridgehead atoms. The van der Waals surface area contributed by atoms with Gasteiger partial charge in [0.1, 0.15) is 5.75 Å². The number of amides is 1. The van der Waals surface area contributed by atoms with Crippen LogP contribution in [0.2, 0.25) is 0 Å². The van der Waals surface area contributed by atoms with E-state index in [2.05, 4.69) is 10.3 Å². The molecule has 8 heteroatoms. The molecular formula is C24H28N4O4. The van der Waals surface area contributed by atoms with Crippen molar-refractivity contribution in [2.75, 3.05) is 11.9 Å². The van der Waals surface area contributed by atoms with Gasteiger partial charge in [-0.3, -0.25) is 23.7 Å². The van der Waals surface area contributed by atoms with Gasteiger partial charge in [0.05, 0.1) is 17.5 Å². The van der Waals surface area contributed by atoms with Crippen LogP contribution in [0.15, 0.2) is 52.3 Å². The maximum Gasteiger partial charge on any atom is 0.331 e. The Morgan fingerprint density at radius 3 is 2.53 bits per heavy atom. The third-order valence-electron chi connectivity index (χ3n) is 6.24. The Morgan fingerprint density at radius 2 is 1.84 bits per heavy atom. The minimum absolute atomic E-state index is 0.0110. The standard InChI is InChI=1S/C24H28N4O4/c1-3-32-19-8-9-21-20(14-19)23(30)28(24(31)27(21)2)15-16-4-6-17(7-5-16)22(29)26-18-10-12-25-13-11-18/h8-14,16-17H,3-7,15H2,1-2H3,(H,25,26,29)/t16-,17-. The molecule has 32 heavy (non-hydrogen) atoms. The first kappa shape index (κ1) is 21.8. The Morgan fingerprint density at radius 1 is 1.12 bits per heavy atom. The third-order valence-corrected chi connectivity index (χ3v) is 6.24. The van der Waals surface area contributed by atoms with Crippen molar-refractivity contribution in [2.24, 2.45) is 18.9 Å². The highest BCUT2D eigenvalue weighted by atomic mass is 16.5. The number of carbonyl (C=O) groups excluding carboxylic acids is 1. The van der Waals surface area contributed by atoms with Crippen LogP contribution in [0.5, 0.6) is 5.75 Å². The molecule has 1 saturated carbocycles. The van der Waals surface area contributed by atoms with Gasteiger partial charge < -0.3 is 10.1 Å². The summed E-state index contributed by atoms with van der Waals surface area (Å²) in [7, 11) is 1.68. The largest absolute Gasteiger partial charge is 0.494 e. The van der Waals surface area contributed by atoms with Gasteiger partial charge in [-0.2, -0.15) is 0 Å². The molecule has 0 radical (unpaired) electrons. The highest BCUT2D eigenvalue weighted by Crippen LogP contribution is 2.30. The zero-order chi connectivity index (χ0) is 22.7. The number of rotatable bonds is 6. The number of carbonyl (C=O) groups is 1. The lowest BCUT2D eigenvalue weighted by Crippen LogP contribution is -2.41. The number of fused-ring (bicyclic) bond motifs is 1. The van der Waals surface area contributed by atoms with Crippen LogP contribution >= 0.6 is 0 Å². The van der Waals surface area contributed by atoms with E-state index in [9.17, 15) is 14.4 Å². The van der Waals surface area contributed by atoms with E-state index >= 15 is 0 Å². The number of hydrogen-bond acceptors (Lipinski definition) is 5. The molecule has 1 fully saturated rings. The zero-order valence-corrected chi connectivity index (χ0v) is 18.4. The molecule has 1 N–H and O–H groups in total. The Bertz CT molecular complexity index is 1220. The maximum absolute atomic E-state index is 13.1. The second-order valence-corrected chi connectivity index (χ2v) is 8.31. The molecule has 0 saturated heterocycles. The van der Waals surface area contributed by atoms with Crippen LogP contribution in [0.3, 0.4) is 0 Å². The molecular weight excluding hydrogens is 408 g/mol. The van der Waals surface area contributed by atoms with Gasteiger partial charge in [0.25, 0.3) is 5.56 Å². The second kappa shape index (κ2) is 9.38. The van der Waals surface area contributed by atoms with Gasteiger partial charge >= 0.3 is 5.69 Å². The minimum atomic E-state index is -0.316. The van der Waals surface area contributed by atoms with E-state index in [4.69, 9.17) is 4.74 Å². The fraction of sp³-hybridized carbons (Fsp3) is 0.417. The highest BCUT2D eigenvalue weighted by molar-refractivity contribution is 5.92. The summed E-state index contributed by atoms with van der Waals surface area (Å²) >= 11 is 0. The average molecular weight is 437 g/mol. The van der Waals surface area contributed by atoms with Gasteiger partial charge in [-0.15, -0.1) is 0 Å². The van der Waals surface area contributed by atoms with Crippen molar-refractivity contribution < 1.29 is 9.53 Å². The lowest BCUT2D eigenvalue weighted by Gasteiger charge is -2.28. The van der Waals surface area contributed by atoms with E-state index in [1.54, 1.807) is 49.8 Å². The number of ether oxygens (including phenoxy) is 1. The summed E-state index contributed by atoms with van der Waals surface area (Å²) in [4.78, 5) is 42.5. The van der Waals surface area contributed by atoms with Crippen molar-refractivity contribution in [3.8, 4) is 5.75 Å². The summed E-state index contributed by atoms with van der Waals surface area (Å²) in [6, 6.07) is 8.76. The van der Waals surface area contributed by atoms with Gasteiger partial charge in [0.15, 0.2) is 0 Å². The van der Waals surface area contributed by atoms with E-state index < -0.39 is 0 Å². The zero-order valence-electron chi connectivity index (χ0n) is 18.4. The van der Waals surface area contributed by atoms with Gasteiger partial charge in [-0.05, 0) is 68.9 Å². The van der Waals surface area contributed by atoms with Gasteiger partial charge in [0.2, 0.25) is 5.91 Å². The molecule has 0 aliphatic heterocycles. The molecule has 8 nitrogen and oxygen atoms in total. The van der Waals surface area contributed by atoms with Gasteiger partial charge in [0, 0.05) is 37.6 Å². The number of pyridine rings is 1. The van der Waals surface area contributed by atoms with E-state index in [0.29, 0.717) is 29.8 Å². The molecule has 2 aromatic heterocycles. The fourth-order valence-electron chi connectivity index (χ4n) is 4.46. The van der Waals surface area contributed by atoms with Crippen molar-refractivity contribution in [3.63, 3.8) is 0 Å². The number of aryl methyl sites for hydroxylation is 1. The number of anilines is 1. The molecule has 0 spiro atoms. The average Bonchev–Trinajstić information content (AvgIpc) is 2.81. The van der Waals surface area contributed by atoms with Crippen LogP contribution in [0.4, 0.5) is 5.69 Å². The molecule has 1 amide bonds. The lowest BCUT2D eigenvalue weighted by atomic mass is 9.81. The van der Waals surface area contributed by atoms with Crippen LogP contribution < -0.4 is 21.3 Å². The van der Waals surface area contributed by atoms with E-state index in [-0.39, 0.29) is 29.0 Å². The van der Waals surface area contributed by atoms with Crippen molar-refractivity contribution in [1.29, 1.82) is 0 Å². The van der Waals surface area contributed by atoms with Crippen LogP contribution in [0, 0.1) is 11.8 Å². The molecule has 3 aromatic rings. The Hall–Kier alpha value is -3.42. The van der Waals surface area contributed by atoms with E-state index in [0.717, 1.165) is 31.4 Å². The van der Waals surface area contributed by atoms with Crippen LogP contribution in [0.25, 0.3) is 10.9 Å². The SMILES string of the molecule is CCOc1ccc2c(c1)c(=O)n(C[C@H]1CC[C@H](C(=O)Nc3ccncc3)CC1)c(=O)n2C. The Kier molecular flexibility index (Phi) is 6.39. The summed E-state index contributed by atoms with van der Waals surface area (Å²) in [5.41, 5.74) is 0.729. The van der Waals surface area contributed by atoms with E-state index in [1.165, 1.54) is 9.13 Å². The van der Waals surface area contributed by atoms with Crippen molar-refractivity contribution in [2.45, 2.75) is 39.2 Å². The first-order valence-electron chi connectivity index (χ1n) is 11.0. The Labute approximate surface area is 185 Å². The number of aromatic nitrogens is 3. The molecule has 1 aliphatic carbocycles. The molecule has 0 unspecified atom stereocenters. The number of nitrogens with zero attached hydrogens (tertiary/aromatic N) is 3. The van der Waals surface area contributed by atoms with Gasteiger partial charge in [-0.25, -0.2) is 4.79 Å². The molecule has 1 aliphatic rings. The Balaban J connectivity index is 1.48. The predicted molar refractivity (Wildman–Crippen MR) is 123 cm³/mol. The topological polar surface area (TPSA) is 95.2 Å². The van der Waals surface area contributed by atoms with Crippen molar-refractivity contribution in [3.05, 3.63) is 63.6 Å². The summed E-state index contributed by atoms with van der Waals surface area (Å²) in [6.45, 7) is 2.75. The third kappa shape index (κ3) is 4.44. The van der Waals surface area contributed by atoms with E-state index in [1.807, 2.05) is 6.92 Å². The fourth-order valence-corrected chi connectivity index (χ4v) is 4.46. The van der Waals surface area contributed by atoms with Gasteiger partial charge in [-0.1, -0.05) is 0 Å². The number of nitrogens with one attached hydrogen (secondary N) is 1. The molecule has 4 rings (SSSR count). The molecule has 168 valence electrons. The van der Waals surface area contributed by atoms with Crippen LogP contribution in [-0.2, 0) is 18.4 Å². The summed E-state index contributed by atoms with van der Waals surface area (Å²) in [5.74, 6) is 0.738. The molecule has 0 atom stereocenters. The summed E-state index contributed by atoms with van der Waals surface area (Å²) in [5, 5.41) is 3.41. The highest BCUT2D eigenvalue weighted by Gasteiger charge is 2.27. The predicted octanol–water partition coefficient (Wildman–Crippen LogP) is 2.94. The second-order valence-electron chi connectivity index (χ2n) is 8.31. The normalized spacial score (nSPS) is 18.4. The summed E-state index contributed by atoms with van der Waals surface area (Å²) in [6.07, 6.45) is 6.34. The number of hydrogen-bond donors (Lipinski definition) is 1. The maximum atomic E-state index is 13.1. The van der Waals surface area contributed by atoms with Crippen molar-refractivity contribution in [1.82, 2.24) is 14.1 Å². The van der Waals surface area contributed by atoms with Crippen LogP contribution in [0.1, 0.15) is 32.6 Å². The summed E-state index contributed by atoms with van der Waals surface area (Å²) < 4.78 is 8.38. The quantitative estimate of drug-likeness (QED) is 0.641. The first-order chi connectivity index (χ1) is 15.5. The molecule has 1 aromatic carbocycles. The van der Waals surface area contributed by atoms with Crippen LogP contribution in [-0.4, -0.2) is 26.6 Å².